The Morgan fingerprint density at radius 3 is 2.57 bits per heavy atom. The van der Waals surface area contributed by atoms with Crippen molar-refractivity contribution in [2.75, 3.05) is 0 Å². The summed E-state index contributed by atoms with van der Waals surface area (Å²) in [6.07, 6.45) is 1.69. The number of benzene rings is 1. The molecule has 1 aromatic rings. The zero-order chi connectivity index (χ0) is 10.7. The summed E-state index contributed by atoms with van der Waals surface area (Å²) in [6.45, 7) is 3.72. The zero-order valence-electron chi connectivity index (χ0n) is 8.22. The van der Waals surface area contributed by atoms with Gasteiger partial charge >= 0.3 is 0 Å². The van der Waals surface area contributed by atoms with Gasteiger partial charge in [-0.3, -0.25) is 0 Å². The van der Waals surface area contributed by atoms with E-state index in [-0.39, 0.29) is 5.56 Å². The fourth-order valence-electron chi connectivity index (χ4n) is 1.23. The lowest BCUT2D eigenvalue weighted by Gasteiger charge is -2.09. The lowest BCUT2D eigenvalue weighted by atomic mass is 10.0. The Bertz CT molecular complexity index is 354. The third-order valence-electron chi connectivity index (χ3n) is 1.85. The molecular formula is C11H13F2N. The fraction of sp³-hybridized carbons (Fsp3) is 0.273. The number of hydrogen-bond donors (Lipinski definition) is 1. The van der Waals surface area contributed by atoms with Gasteiger partial charge in [0.1, 0.15) is 0 Å². The van der Waals surface area contributed by atoms with Crippen LogP contribution >= 0.6 is 0 Å². The molecule has 0 aliphatic carbocycles. The van der Waals surface area contributed by atoms with Crippen molar-refractivity contribution in [3.63, 3.8) is 0 Å². The summed E-state index contributed by atoms with van der Waals surface area (Å²) in [5.41, 5.74) is 6.84. The van der Waals surface area contributed by atoms with Crippen molar-refractivity contribution in [1.82, 2.24) is 0 Å². The zero-order valence-corrected chi connectivity index (χ0v) is 8.22. The van der Waals surface area contributed by atoms with E-state index in [9.17, 15) is 8.78 Å². The predicted octanol–water partition coefficient (Wildman–Crippen LogP) is 2.93. The van der Waals surface area contributed by atoms with E-state index in [0.29, 0.717) is 0 Å². The molecule has 0 saturated heterocycles. The van der Waals surface area contributed by atoms with E-state index in [1.807, 2.05) is 13.8 Å². The van der Waals surface area contributed by atoms with Crippen molar-refractivity contribution in [1.29, 1.82) is 0 Å². The summed E-state index contributed by atoms with van der Waals surface area (Å²) in [6, 6.07) is 3.43. The van der Waals surface area contributed by atoms with Gasteiger partial charge in [-0.1, -0.05) is 23.8 Å². The van der Waals surface area contributed by atoms with Crippen LogP contribution in [0.25, 0.3) is 0 Å². The van der Waals surface area contributed by atoms with Gasteiger partial charge in [0.2, 0.25) is 0 Å². The third-order valence-corrected chi connectivity index (χ3v) is 1.85. The second kappa shape index (κ2) is 4.33. The van der Waals surface area contributed by atoms with Crippen molar-refractivity contribution >= 4 is 0 Å². The van der Waals surface area contributed by atoms with Crippen LogP contribution in [0.4, 0.5) is 8.78 Å². The predicted molar refractivity (Wildman–Crippen MR) is 52.7 cm³/mol. The number of halogens is 2. The Morgan fingerprint density at radius 2 is 2.00 bits per heavy atom. The molecule has 3 heteroatoms. The van der Waals surface area contributed by atoms with Gasteiger partial charge in [0.25, 0.3) is 0 Å². The Morgan fingerprint density at radius 1 is 1.36 bits per heavy atom. The Balaban J connectivity index is 3.07. The van der Waals surface area contributed by atoms with Crippen molar-refractivity contribution in [3.05, 3.63) is 47.0 Å². The number of allylic oxidation sites excluding steroid dienone is 1. The van der Waals surface area contributed by atoms with Gasteiger partial charge in [0.15, 0.2) is 11.6 Å². The highest BCUT2D eigenvalue weighted by atomic mass is 19.2. The Labute approximate surface area is 82.2 Å². The van der Waals surface area contributed by atoms with Crippen LogP contribution in [0.1, 0.15) is 25.5 Å². The van der Waals surface area contributed by atoms with Crippen LogP contribution in [0.3, 0.4) is 0 Å². The van der Waals surface area contributed by atoms with Crippen LogP contribution in [0.15, 0.2) is 29.8 Å². The minimum atomic E-state index is -0.863. The first-order chi connectivity index (χ1) is 6.52. The van der Waals surface area contributed by atoms with Crippen molar-refractivity contribution in [2.24, 2.45) is 5.73 Å². The molecule has 1 unspecified atom stereocenters. The van der Waals surface area contributed by atoms with E-state index in [4.69, 9.17) is 5.73 Å². The Hall–Kier alpha value is -1.22. The van der Waals surface area contributed by atoms with Crippen LogP contribution in [-0.4, -0.2) is 0 Å². The first kappa shape index (κ1) is 10.9. The molecule has 0 aliphatic rings. The summed E-state index contributed by atoms with van der Waals surface area (Å²) < 4.78 is 26.0. The highest BCUT2D eigenvalue weighted by Gasteiger charge is 2.12. The van der Waals surface area contributed by atoms with Crippen LogP contribution in [0, 0.1) is 11.6 Å². The SMILES string of the molecule is CC(C)=CC(N)c1cccc(F)c1F. The average molecular weight is 197 g/mol. The topological polar surface area (TPSA) is 26.0 Å². The van der Waals surface area contributed by atoms with E-state index in [1.165, 1.54) is 12.1 Å². The molecule has 14 heavy (non-hydrogen) atoms. The van der Waals surface area contributed by atoms with Gasteiger partial charge in [0.05, 0.1) is 6.04 Å². The molecule has 0 radical (unpaired) electrons. The largest absolute Gasteiger partial charge is 0.321 e. The van der Waals surface area contributed by atoms with Crippen molar-refractivity contribution in [3.8, 4) is 0 Å². The number of nitrogens with two attached hydrogens (primary N) is 1. The minimum Gasteiger partial charge on any atom is -0.321 e. The molecule has 0 amide bonds. The smallest absolute Gasteiger partial charge is 0.163 e. The molecule has 0 bridgehead atoms. The van der Waals surface area contributed by atoms with E-state index >= 15 is 0 Å². The van der Waals surface area contributed by atoms with Crippen molar-refractivity contribution in [2.45, 2.75) is 19.9 Å². The monoisotopic (exact) mass is 197 g/mol. The molecule has 0 aromatic heterocycles. The van der Waals surface area contributed by atoms with Crippen molar-refractivity contribution < 1.29 is 8.78 Å². The molecular weight excluding hydrogens is 184 g/mol. The second-order valence-corrected chi connectivity index (χ2v) is 3.41. The van der Waals surface area contributed by atoms with Crippen LogP contribution < -0.4 is 5.73 Å². The van der Waals surface area contributed by atoms with Gasteiger partial charge in [-0.25, -0.2) is 8.78 Å². The molecule has 1 atom stereocenters. The van der Waals surface area contributed by atoms with E-state index in [0.717, 1.165) is 11.6 Å². The van der Waals surface area contributed by atoms with Crippen LogP contribution in [-0.2, 0) is 0 Å². The molecule has 2 N–H and O–H groups in total. The molecule has 76 valence electrons. The minimum absolute atomic E-state index is 0.186. The molecule has 0 heterocycles. The normalized spacial score (nSPS) is 12.4. The molecule has 1 aromatic carbocycles. The second-order valence-electron chi connectivity index (χ2n) is 3.41. The highest BCUT2D eigenvalue weighted by Crippen LogP contribution is 2.19. The van der Waals surface area contributed by atoms with Crippen LogP contribution in [0.5, 0.6) is 0 Å². The summed E-state index contributed by atoms with van der Waals surface area (Å²) in [7, 11) is 0. The highest BCUT2D eigenvalue weighted by molar-refractivity contribution is 5.26. The summed E-state index contributed by atoms with van der Waals surface area (Å²) >= 11 is 0. The lowest BCUT2D eigenvalue weighted by Crippen LogP contribution is -2.10. The lowest BCUT2D eigenvalue weighted by molar-refractivity contribution is 0.495. The molecule has 0 spiro atoms. The molecule has 1 rings (SSSR count). The van der Waals surface area contributed by atoms with Gasteiger partial charge in [-0.15, -0.1) is 0 Å². The standard InChI is InChI=1S/C11H13F2N/c1-7(2)6-10(14)8-4-3-5-9(12)11(8)13/h3-6,10H,14H2,1-2H3. The van der Waals surface area contributed by atoms with Gasteiger partial charge in [0, 0.05) is 5.56 Å². The van der Waals surface area contributed by atoms with Gasteiger partial charge in [-0.05, 0) is 19.9 Å². The quantitative estimate of drug-likeness (QED) is 0.725. The maximum Gasteiger partial charge on any atom is 0.163 e. The van der Waals surface area contributed by atoms with E-state index in [2.05, 4.69) is 0 Å². The summed E-state index contributed by atoms with van der Waals surface area (Å²) in [5.74, 6) is -1.72. The Kier molecular flexibility index (Phi) is 3.36. The van der Waals surface area contributed by atoms with E-state index < -0.39 is 17.7 Å². The van der Waals surface area contributed by atoms with E-state index in [1.54, 1.807) is 6.08 Å². The number of hydrogen-bond acceptors (Lipinski definition) is 1. The first-order valence-electron chi connectivity index (χ1n) is 4.37. The fourth-order valence-corrected chi connectivity index (χ4v) is 1.23. The molecule has 0 aliphatic heterocycles. The maximum absolute atomic E-state index is 13.2. The van der Waals surface area contributed by atoms with Gasteiger partial charge < -0.3 is 5.73 Å². The van der Waals surface area contributed by atoms with Gasteiger partial charge in [-0.2, -0.15) is 0 Å². The average Bonchev–Trinajstić information content (AvgIpc) is 2.08. The maximum atomic E-state index is 13.2. The first-order valence-corrected chi connectivity index (χ1v) is 4.37. The third kappa shape index (κ3) is 2.39. The molecule has 1 nitrogen and oxygen atoms in total. The molecule has 0 saturated carbocycles. The summed E-state index contributed by atoms with van der Waals surface area (Å²) in [5, 5.41) is 0. The number of rotatable bonds is 2. The van der Waals surface area contributed by atoms with Crippen LogP contribution in [0.2, 0.25) is 0 Å². The molecule has 0 fully saturated rings. The summed E-state index contributed by atoms with van der Waals surface area (Å²) in [4.78, 5) is 0.